The Morgan fingerprint density at radius 1 is 0.951 bits per heavy atom. The number of rotatable bonds is 8. The minimum absolute atomic E-state index is 0.187. The molecule has 1 amide bonds. The summed E-state index contributed by atoms with van der Waals surface area (Å²) in [5, 5.41) is 1.73. The number of amidine groups is 1. The molecule has 0 radical (unpaired) electrons. The molecule has 208 valence electrons. The van der Waals surface area contributed by atoms with E-state index in [1.807, 2.05) is 61.5 Å². The molecule has 0 saturated carbocycles. The molecule has 1 fully saturated rings. The van der Waals surface area contributed by atoms with Crippen LogP contribution in [0.3, 0.4) is 0 Å². The Bertz CT molecular complexity index is 1630. The highest BCUT2D eigenvalue weighted by Gasteiger charge is 2.35. The second-order valence-electron chi connectivity index (χ2n) is 8.78. The Hall–Kier alpha value is -2.50. The summed E-state index contributed by atoms with van der Waals surface area (Å²) in [5.74, 6) is 1.09. The molecule has 0 unspecified atom stereocenters. The summed E-state index contributed by atoms with van der Waals surface area (Å²) in [4.78, 5) is 20.6. The van der Waals surface area contributed by atoms with Gasteiger partial charge >= 0.3 is 0 Å². The lowest BCUT2D eigenvalue weighted by Crippen LogP contribution is -2.28. The van der Waals surface area contributed by atoms with Crippen LogP contribution in [0.5, 0.6) is 11.5 Å². The number of ether oxygens (including phenoxy) is 2. The zero-order valence-corrected chi connectivity index (χ0v) is 27.7. The van der Waals surface area contributed by atoms with E-state index in [-0.39, 0.29) is 5.91 Å². The SMILES string of the molecule is CCOc1cc(/C=C2\SC(=Nc3ccc(Cl)cc3)N(c3ccc(Cl)cc3)C2=O)cc(I)c1OCc1ccc(Br)cc1. The molecule has 0 bridgehead atoms. The third kappa shape index (κ3) is 7.48. The third-order valence-corrected chi connectivity index (χ3v) is 8.67. The van der Waals surface area contributed by atoms with E-state index in [0.717, 1.165) is 19.2 Å². The van der Waals surface area contributed by atoms with Gasteiger partial charge in [-0.15, -0.1) is 0 Å². The van der Waals surface area contributed by atoms with Gasteiger partial charge in [-0.05, 0) is 131 Å². The Balaban J connectivity index is 1.48. The fraction of sp³-hybridized carbons (Fsp3) is 0.0968. The van der Waals surface area contributed by atoms with Crippen LogP contribution in [-0.4, -0.2) is 17.7 Å². The number of nitrogens with zero attached hydrogens (tertiary/aromatic N) is 2. The molecule has 1 heterocycles. The lowest BCUT2D eigenvalue weighted by molar-refractivity contribution is -0.113. The first kappa shape index (κ1) is 30.0. The van der Waals surface area contributed by atoms with E-state index in [2.05, 4.69) is 38.5 Å². The zero-order valence-electron chi connectivity index (χ0n) is 21.6. The normalized spacial score (nSPS) is 15.1. The molecule has 41 heavy (non-hydrogen) atoms. The average molecular weight is 780 g/mol. The number of benzene rings is 4. The summed E-state index contributed by atoms with van der Waals surface area (Å²) in [6.45, 7) is 2.80. The molecular formula is C31H22BrCl2IN2O3S. The largest absolute Gasteiger partial charge is 0.490 e. The molecule has 5 rings (SSSR count). The van der Waals surface area contributed by atoms with Gasteiger partial charge in [-0.3, -0.25) is 9.69 Å². The van der Waals surface area contributed by atoms with Crippen molar-refractivity contribution in [1.82, 2.24) is 0 Å². The van der Waals surface area contributed by atoms with E-state index >= 15 is 0 Å². The maximum atomic E-state index is 13.7. The Labute approximate surface area is 274 Å². The summed E-state index contributed by atoms with van der Waals surface area (Å²) < 4.78 is 14.0. The van der Waals surface area contributed by atoms with Crippen LogP contribution in [0.15, 0.2) is 99.3 Å². The zero-order chi connectivity index (χ0) is 28.9. The molecule has 0 aliphatic carbocycles. The molecule has 0 aromatic heterocycles. The molecular weight excluding hydrogens is 758 g/mol. The van der Waals surface area contributed by atoms with Crippen molar-refractivity contribution in [3.63, 3.8) is 0 Å². The van der Waals surface area contributed by atoms with E-state index in [1.165, 1.54) is 11.8 Å². The van der Waals surface area contributed by atoms with Gasteiger partial charge in [0.1, 0.15) is 6.61 Å². The second-order valence-corrected chi connectivity index (χ2v) is 12.7. The molecule has 1 aliphatic rings. The van der Waals surface area contributed by atoms with Crippen molar-refractivity contribution in [1.29, 1.82) is 0 Å². The number of hydrogen-bond acceptors (Lipinski definition) is 5. The Morgan fingerprint density at radius 3 is 2.27 bits per heavy atom. The van der Waals surface area contributed by atoms with Crippen molar-refractivity contribution < 1.29 is 14.3 Å². The molecule has 5 nitrogen and oxygen atoms in total. The highest BCUT2D eigenvalue weighted by atomic mass is 127. The molecule has 10 heteroatoms. The maximum Gasteiger partial charge on any atom is 0.271 e. The predicted molar refractivity (Wildman–Crippen MR) is 182 cm³/mol. The molecule has 0 atom stereocenters. The minimum atomic E-state index is -0.187. The molecule has 0 spiro atoms. The van der Waals surface area contributed by atoms with E-state index in [0.29, 0.717) is 56.2 Å². The smallest absolute Gasteiger partial charge is 0.271 e. The number of anilines is 1. The quantitative estimate of drug-likeness (QED) is 0.132. The van der Waals surface area contributed by atoms with Crippen molar-refractivity contribution in [2.45, 2.75) is 13.5 Å². The van der Waals surface area contributed by atoms with Crippen LogP contribution in [0.4, 0.5) is 11.4 Å². The van der Waals surface area contributed by atoms with Crippen molar-refractivity contribution in [2.75, 3.05) is 11.5 Å². The van der Waals surface area contributed by atoms with Gasteiger partial charge < -0.3 is 9.47 Å². The number of hydrogen-bond donors (Lipinski definition) is 0. The Morgan fingerprint density at radius 2 is 1.61 bits per heavy atom. The average Bonchev–Trinajstić information content (AvgIpc) is 3.25. The van der Waals surface area contributed by atoms with Gasteiger partial charge in [-0.2, -0.15) is 0 Å². The number of halogens is 4. The van der Waals surface area contributed by atoms with Crippen molar-refractivity contribution in [2.24, 2.45) is 4.99 Å². The van der Waals surface area contributed by atoms with Gasteiger partial charge in [0.05, 0.1) is 26.5 Å². The Kier molecular flexibility index (Phi) is 9.98. The first-order valence-corrected chi connectivity index (χ1v) is 15.9. The molecule has 0 N–H and O–H groups in total. The van der Waals surface area contributed by atoms with E-state index in [9.17, 15) is 4.79 Å². The summed E-state index contributed by atoms with van der Waals surface area (Å²) in [7, 11) is 0. The fourth-order valence-electron chi connectivity index (χ4n) is 3.95. The molecule has 4 aromatic carbocycles. The number of carbonyl (C=O) groups excluding carboxylic acids is 1. The number of carbonyl (C=O) groups is 1. The topological polar surface area (TPSA) is 51.1 Å². The van der Waals surface area contributed by atoms with Crippen molar-refractivity contribution in [3.05, 3.63) is 119 Å². The summed E-state index contributed by atoms with van der Waals surface area (Å²) in [6.07, 6.45) is 1.85. The van der Waals surface area contributed by atoms with Crippen LogP contribution in [-0.2, 0) is 11.4 Å². The molecule has 1 aliphatic heterocycles. The first-order chi connectivity index (χ1) is 19.8. The van der Waals surface area contributed by atoms with Crippen LogP contribution in [0.1, 0.15) is 18.1 Å². The highest BCUT2D eigenvalue weighted by molar-refractivity contribution is 14.1. The van der Waals surface area contributed by atoms with Crippen LogP contribution >= 0.6 is 73.5 Å². The van der Waals surface area contributed by atoms with E-state index < -0.39 is 0 Å². The third-order valence-electron chi connectivity index (χ3n) is 5.87. The summed E-state index contributed by atoms with van der Waals surface area (Å²) in [5.41, 5.74) is 3.21. The lowest BCUT2D eigenvalue weighted by atomic mass is 10.1. The second kappa shape index (κ2) is 13.6. The molecule has 1 saturated heterocycles. The van der Waals surface area contributed by atoms with E-state index in [1.54, 1.807) is 41.3 Å². The minimum Gasteiger partial charge on any atom is -0.490 e. The monoisotopic (exact) mass is 778 g/mol. The van der Waals surface area contributed by atoms with Crippen LogP contribution in [0.2, 0.25) is 10.0 Å². The number of amides is 1. The summed E-state index contributed by atoms with van der Waals surface area (Å²) in [6, 6.07) is 26.1. The van der Waals surface area contributed by atoms with Crippen molar-refractivity contribution in [3.8, 4) is 11.5 Å². The van der Waals surface area contributed by atoms with Crippen LogP contribution in [0.25, 0.3) is 6.08 Å². The highest BCUT2D eigenvalue weighted by Crippen LogP contribution is 2.40. The van der Waals surface area contributed by atoms with Gasteiger partial charge in [0.25, 0.3) is 5.91 Å². The lowest BCUT2D eigenvalue weighted by Gasteiger charge is -2.16. The summed E-state index contributed by atoms with van der Waals surface area (Å²) >= 11 is 19.2. The standard InChI is InChI=1S/C31H22BrCl2IN2O3S/c1-2-39-27-16-20(15-26(35)29(27)40-18-19-3-5-21(32)6-4-19)17-28-30(38)37(25-13-9-23(34)10-14-25)31(41-28)36-24-11-7-22(33)8-12-24/h3-17H,2,18H2,1H3/b28-17-,36-31?. The van der Waals surface area contributed by atoms with Gasteiger partial charge in [0.2, 0.25) is 0 Å². The molecule has 4 aromatic rings. The predicted octanol–water partition coefficient (Wildman–Crippen LogP) is 10.1. The first-order valence-electron chi connectivity index (χ1n) is 12.5. The van der Waals surface area contributed by atoms with Gasteiger partial charge in [0, 0.05) is 14.5 Å². The van der Waals surface area contributed by atoms with Crippen LogP contribution in [0, 0.1) is 3.57 Å². The number of thioether (sulfide) groups is 1. The fourth-order valence-corrected chi connectivity index (χ4v) is 6.25. The van der Waals surface area contributed by atoms with Gasteiger partial charge in [0.15, 0.2) is 16.7 Å². The number of aliphatic imine (C=N–C) groups is 1. The van der Waals surface area contributed by atoms with Gasteiger partial charge in [-0.1, -0.05) is 51.3 Å². The maximum absolute atomic E-state index is 13.7. The van der Waals surface area contributed by atoms with E-state index in [4.69, 9.17) is 37.7 Å². The van der Waals surface area contributed by atoms with Crippen LogP contribution < -0.4 is 14.4 Å². The van der Waals surface area contributed by atoms with Crippen molar-refractivity contribution >= 4 is 102 Å². The van der Waals surface area contributed by atoms with Gasteiger partial charge in [-0.25, -0.2) is 4.99 Å².